The van der Waals surface area contributed by atoms with E-state index in [9.17, 15) is 4.79 Å². The van der Waals surface area contributed by atoms with Gasteiger partial charge in [0.15, 0.2) is 0 Å². The summed E-state index contributed by atoms with van der Waals surface area (Å²) in [6, 6.07) is -0.467. The van der Waals surface area contributed by atoms with E-state index in [1.807, 2.05) is 0 Å². The van der Waals surface area contributed by atoms with Crippen molar-refractivity contribution in [3.63, 3.8) is 0 Å². The molecule has 1 unspecified atom stereocenters. The number of hydrogen-bond donors (Lipinski definition) is 2. The summed E-state index contributed by atoms with van der Waals surface area (Å²) in [7, 11) is 0. The zero-order chi connectivity index (χ0) is 9.97. The molecular formula is C8H9N3O2S. The van der Waals surface area contributed by atoms with Gasteiger partial charge in [-0.3, -0.25) is 10.1 Å². The minimum absolute atomic E-state index is 0.00250. The fraction of sp³-hybridized carbons (Fsp3) is 0.375. The van der Waals surface area contributed by atoms with Gasteiger partial charge >= 0.3 is 5.97 Å². The lowest BCUT2D eigenvalue weighted by Crippen LogP contribution is -2.33. The minimum atomic E-state index is -0.808. The van der Waals surface area contributed by atoms with E-state index in [0.29, 0.717) is 5.75 Å². The number of aromatic nitrogens is 2. The Labute approximate surface area is 85.0 Å². The Balaban J connectivity index is 2.06. The van der Waals surface area contributed by atoms with E-state index >= 15 is 0 Å². The van der Waals surface area contributed by atoms with Crippen LogP contribution in [0, 0.1) is 0 Å². The zero-order valence-electron chi connectivity index (χ0n) is 7.25. The summed E-state index contributed by atoms with van der Waals surface area (Å²) in [5.41, 5.74) is 0.918. The van der Waals surface area contributed by atoms with Crippen molar-refractivity contribution in [2.75, 3.05) is 5.75 Å². The molecule has 0 amide bonds. The van der Waals surface area contributed by atoms with Crippen LogP contribution in [-0.4, -0.2) is 32.8 Å². The van der Waals surface area contributed by atoms with Crippen LogP contribution in [-0.2, 0) is 4.79 Å². The topological polar surface area (TPSA) is 75.1 Å². The molecule has 14 heavy (non-hydrogen) atoms. The first-order valence-corrected chi connectivity index (χ1v) is 5.17. The molecule has 2 heterocycles. The number of carboxylic acid groups (broad SMARTS) is 1. The quantitative estimate of drug-likeness (QED) is 0.731. The molecule has 0 radical (unpaired) electrons. The van der Waals surface area contributed by atoms with E-state index in [1.54, 1.807) is 24.2 Å². The Hall–Kier alpha value is -1.14. The van der Waals surface area contributed by atoms with Gasteiger partial charge in [0.05, 0.1) is 5.37 Å². The lowest BCUT2D eigenvalue weighted by atomic mass is 10.3. The molecule has 1 aliphatic rings. The molecule has 2 atom stereocenters. The van der Waals surface area contributed by atoms with Crippen molar-refractivity contribution in [1.82, 2.24) is 15.3 Å². The second kappa shape index (κ2) is 3.93. The lowest BCUT2D eigenvalue weighted by molar-refractivity contribution is -0.138. The number of nitrogens with zero attached hydrogens (tertiary/aromatic N) is 2. The van der Waals surface area contributed by atoms with Crippen LogP contribution in [0.4, 0.5) is 0 Å². The maximum absolute atomic E-state index is 10.7. The molecule has 2 N–H and O–H groups in total. The van der Waals surface area contributed by atoms with E-state index < -0.39 is 12.0 Å². The Morgan fingerprint density at radius 3 is 2.86 bits per heavy atom. The van der Waals surface area contributed by atoms with Crippen LogP contribution in [0.5, 0.6) is 0 Å². The van der Waals surface area contributed by atoms with Gasteiger partial charge in [-0.2, -0.15) is 0 Å². The van der Waals surface area contributed by atoms with Crippen LogP contribution >= 0.6 is 11.8 Å². The number of thioether (sulfide) groups is 1. The predicted molar refractivity (Wildman–Crippen MR) is 51.8 cm³/mol. The van der Waals surface area contributed by atoms with Gasteiger partial charge in [0.2, 0.25) is 0 Å². The third-order valence-electron chi connectivity index (χ3n) is 1.96. The highest BCUT2D eigenvalue weighted by Gasteiger charge is 2.30. The van der Waals surface area contributed by atoms with E-state index in [2.05, 4.69) is 15.3 Å². The third-order valence-corrected chi connectivity index (χ3v) is 3.23. The van der Waals surface area contributed by atoms with Crippen LogP contribution in [0.15, 0.2) is 18.7 Å². The molecule has 1 fully saturated rings. The first-order valence-electron chi connectivity index (χ1n) is 4.13. The van der Waals surface area contributed by atoms with E-state index in [1.165, 1.54) is 6.33 Å². The van der Waals surface area contributed by atoms with Crippen molar-refractivity contribution in [1.29, 1.82) is 0 Å². The van der Waals surface area contributed by atoms with Crippen molar-refractivity contribution >= 4 is 17.7 Å². The SMILES string of the molecule is O=C(O)C1CS[C@H](c2cncnc2)N1. The molecule has 1 saturated heterocycles. The molecule has 1 aliphatic heterocycles. The van der Waals surface area contributed by atoms with Gasteiger partial charge in [0.1, 0.15) is 12.4 Å². The van der Waals surface area contributed by atoms with Crippen molar-refractivity contribution in [2.45, 2.75) is 11.4 Å². The first kappa shape index (κ1) is 9.42. The Morgan fingerprint density at radius 1 is 1.57 bits per heavy atom. The monoisotopic (exact) mass is 211 g/mol. The van der Waals surface area contributed by atoms with Gasteiger partial charge in [0.25, 0.3) is 0 Å². The summed E-state index contributed by atoms with van der Waals surface area (Å²) in [5, 5.41) is 11.8. The smallest absolute Gasteiger partial charge is 0.321 e. The molecule has 2 rings (SSSR count). The van der Waals surface area contributed by atoms with Crippen molar-refractivity contribution < 1.29 is 9.90 Å². The second-order valence-electron chi connectivity index (χ2n) is 2.94. The fourth-order valence-electron chi connectivity index (χ4n) is 1.25. The number of hydrogen-bond acceptors (Lipinski definition) is 5. The summed E-state index contributed by atoms with van der Waals surface area (Å²) in [6.45, 7) is 0. The molecule has 0 bridgehead atoms. The highest BCUT2D eigenvalue weighted by molar-refractivity contribution is 7.99. The van der Waals surface area contributed by atoms with E-state index in [4.69, 9.17) is 5.11 Å². The van der Waals surface area contributed by atoms with Crippen molar-refractivity contribution in [3.8, 4) is 0 Å². The number of rotatable bonds is 2. The van der Waals surface area contributed by atoms with Crippen LogP contribution in [0.1, 0.15) is 10.9 Å². The first-order chi connectivity index (χ1) is 6.77. The minimum Gasteiger partial charge on any atom is -0.480 e. The summed E-state index contributed by atoms with van der Waals surface area (Å²) in [6.07, 6.45) is 4.85. The van der Waals surface area contributed by atoms with E-state index in [0.717, 1.165) is 5.56 Å². The molecule has 1 aromatic heterocycles. The summed E-state index contributed by atoms with van der Waals surface area (Å²) < 4.78 is 0. The number of nitrogens with one attached hydrogen (secondary N) is 1. The van der Waals surface area contributed by atoms with Gasteiger partial charge in [-0.1, -0.05) is 0 Å². The molecule has 1 aromatic rings. The second-order valence-corrected chi connectivity index (χ2v) is 4.08. The van der Waals surface area contributed by atoms with Gasteiger partial charge in [-0.15, -0.1) is 11.8 Å². The maximum atomic E-state index is 10.7. The van der Waals surface area contributed by atoms with Crippen molar-refractivity contribution in [2.24, 2.45) is 0 Å². The third kappa shape index (κ3) is 1.85. The fourth-order valence-corrected chi connectivity index (χ4v) is 2.45. The van der Waals surface area contributed by atoms with Gasteiger partial charge in [-0.05, 0) is 0 Å². The Kier molecular flexibility index (Phi) is 2.64. The Bertz CT molecular complexity index is 333. The molecule has 5 nitrogen and oxygen atoms in total. The average molecular weight is 211 g/mol. The zero-order valence-corrected chi connectivity index (χ0v) is 8.07. The summed E-state index contributed by atoms with van der Waals surface area (Å²) in [4.78, 5) is 18.4. The predicted octanol–water partition coefficient (Wildman–Crippen LogP) is 0.265. The average Bonchev–Trinajstić information content (AvgIpc) is 2.68. The summed E-state index contributed by atoms with van der Waals surface area (Å²) in [5.74, 6) is -0.230. The highest BCUT2D eigenvalue weighted by atomic mass is 32.2. The summed E-state index contributed by atoms with van der Waals surface area (Å²) >= 11 is 1.56. The normalized spacial score (nSPS) is 26.3. The molecule has 0 aromatic carbocycles. The van der Waals surface area contributed by atoms with Gasteiger partial charge < -0.3 is 5.11 Å². The van der Waals surface area contributed by atoms with Crippen LogP contribution in [0.25, 0.3) is 0 Å². The van der Waals surface area contributed by atoms with Crippen LogP contribution in [0.2, 0.25) is 0 Å². The standard InChI is InChI=1S/C8H9N3O2S/c12-8(13)6-3-14-7(11-6)5-1-9-4-10-2-5/h1-2,4,6-7,11H,3H2,(H,12,13)/t6?,7-/m1/s1. The number of aliphatic carboxylic acids is 1. The van der Waals surface area contributed by atoms with Crippen LogP contribution in [0.3, 0.4) is 0 Å². The lowest BCUT2D eigenvalue weighted by Gasteiger charge is -2.09. The molecular weight excluding hydrogens is 202 g/mol. The van der Waals surface area contributed by atoms with Gasteiger partial charge in [0, 0.05) is 23.7 Å². The molecule has 6 heteroatoms. The number of carbonyl (C=O) groups is 1. The largest absolute Gasteiger partial charge is 0.480 e. The molecule has 0 spiro atoms. The van der Waals surface area contributed by atoms with Crippen LogP contribution < -0.4 is 5.32 Å². The van der Waals surface area contributed by atoms with Crippen molar-refractivity contribution in [3.05, 3.63) is 24.3 Å². The molecule has 74 valence electrons. The highest BCUT2D eigenvalue weighted by Crippen LogP contribution is 2.31. The number of carboxylic acids is 1. The Morgan fingerprint density at radius 2 is 2.29 bits per heavy atom. The molecule has 0 saturated carbocycles. The maximum Gasteiger partial charge on any atom is 0.321 e. The van der Waals surface area contributed by atoms with E-state index in [-0.39, 0.29) is 5.37 Å². The van der Waals surface area contributed by atoms with Gasteiger partial charge in [-0.25, -0.2) is 9.97 Å². The molecule has 0 aliphatic carbocycles.